The Morgan fingerprint density at radius 2 is 2.03 bits per heavy atom. The molecule has 5 rings (SSSR count). The largest absolute Gasteiger partial charge is 0.349 e. The van der Waals surface area contributed by atoms with Gasteiger partial charge >= 0.3 is 0 Å². The first-order valence-corrected chi connectivity index (χ1v) is 10.7. The van der Waals surface area contributed by atoms with E-state index in [0.717, 1.165) is 24.8 Å². The van der Waals surface area contributed by atoms with E-state index in [1.165, 1.54) is 0 Å². The maximum absolute atomic E-state index is 12.6. The number of hydrogen-bond acceptors (Lipinski definition) is 3. The molecule has 0 radical (unpaired) electrons. The number of carbonyl (C=O) groups is 1. The Hall–Kier alpha value is -2.91. The molecule has 1 N–H and O–H groups in total. The van der Waals surface area contributed by atoms with Gasteiger partial charge in [0.1, 0.15) is 0 Å². The Balaban J connectivity index is 1.26. The number of amides is 1. The smallest absolute Gasteiger partial charge is 0.251 e. The molecular formula is C23H22ClN5O. The van der Waals surface area contributed by atoms with Gasteiger partial charge < -0.3 is 9.88 Å². The number of nitrogens with zero attached hydrogens (tertiary/aromatic N) is 4. The third kappa shape index (κ3) is 3.23. The zero-order valence-electron chi connectivity index (χ0n) is 16.6. The van der Waals surface area contributed by atoms with E-state index >= 15 is 0 Å². The number of benzene rings is 1. The lowest BCUT2D eigenvalue weighted by atomic mass is 9.99. The quantitative estimate of drug-likeness (QED) is 0.589. The molecule has 2 aliphatic rings. The first-order valence-electron chi connectivity index (χ1n) is 10.4. The van der Waals surface area contributed by atoms with Crippen molar-refractivity contribution in [2.45, 2.75) is 38.3 Å². The maximum Gasteiger partial charge on any atom is 0.251 e. The summed E-state index contributed by atoms with van der Waals surface area (Å²) < 4.78 is 2.19. The molecule has 0 saturated heterocycles. The molecule has 2 fully saturated rings. The van der Waals surface area contributed by atoms with E-state index in [-0.39, 0.29) is 11.9 Å². The van der Waals surface area contributed by atoms with E-state index in [9.17, 15) is 4.79 Å². The van der Waals surface area contributed by atoms with Crippen molar-refractivity contribution in [2.75, 3.05) is 0 Å². The van der Waals surface area contributed by atoms with Gasteiger partial charge in [-0.2, -0.15) is 0 Å². The second kappa shape index (κ2) is 7.41. The molecule has 2 aromatic heterocycles. The summed E-state index contributed by atoms with van der Waals surface area (Å²) in [5.41, 5.74) is 2.83. The topological polar surface area (TPSA) is 64.2 Å². The van der Waals surface area contributed by atoms with Crippen molar-refractivity contribution in [3.8, 4) is 0 Å². The fraction of sp³-hybridized carbons (Fsp3) is 0.391. The number of halogens is 1. The van der Waals surface area contributed by atoms with Gasteiger partial charge in [0.15, 0.2) is 5.65 Å². The molecule has 3 unspecified atom stereocenters. The van der Waals surface area contributed by atoms with E-state index in [1.807, 2.05) is 12.4 Å². The van der Waals surface area contributed by atoms with Gasteiger partial charge in [0.25, 0.3) is 5.91 Å². The normalized spacial score (nSPS) is 25.5. The summed E-state index contributed by atoms with van der Waals surface area (Å²) in [6.45, 7) is 9.37. The molecule has 7 heteroatoms. The van der Waals surface area contributed by atoms with Gasteiger partial charge in [0.2, 0.25) is 5.69 Å². The molecule has 3 aromatic rings. The van der Waals surface area contributed by atoms with Crippen molar-refractivity contribution in [3.05, 3.63) is 64.9 Å². The van der Waals surface area contributed by atoms with Crippen molar-refractivity contribution >= 4 is 34.4 Å². The van der Waals surface area contributed by atoms with Gasteiger partial charge in [-0.05, 0) is 67.3 Å². The van der Waals surface area contributed by atoms with Crippen LogP contribution in [0.15, 0.2) is 42.9 Å². The molecule has 152 valence electrons. The highest BCUT2D eigenvalue weighted by Gasteiger charge is 2.59. The number of carbonyl (C=O) groups excluding carboxylic acids is 1. The van der Waals surface area contributed by atoms with Crippen LogP contribution in [-0.2, 0) is 0 Å². The summed E-state index contributed by atoms with van der Waals surface area (Å²) in [6, 6.07) is 9.49. The van der Waals surface area contributed by atoms with Crippen LogP contribution >= 0.6 is 11.6 Å². The summed E-state index contributed by atoms with van der Waals surface area (Å²) >= 11 is 5.93. The molecule has 1 aromatic carbocycles. The summed E-state index contributed by atoms with van der Waals surface area (Å²) in [5, 5.41) is 3.87. The predicted molar refractivity (Wildman–Crippen MR) is 116 cm³/mol. The van der Waals surface area contributed by atoms with Crippen molar-refractivity contribution in [1.82, 2.24) is 19.9 Å². The molecule has 1 amide bonds. The lowest BCUT2D eigenvalue weighted by Gasteiger charge is -2.22. The van der Waals surface area contributed by atoms with E-state index < -0.39 is 0 Å². The van der Waals surface area contributed by atoms with Gasteiger partial charge in [-0.25, -0.2) is 14.8 Å². The average molecular weight is 420 g/mol. The average Bonchev–Trinajstić information content (AvgIpc) is 3.09. The number of rotatable bonds is 5. The van der Waals surface area contributed by atoms with Crippen molar-refractivity contribution < 1.29 is 4.79 Å². The Morgan fingerprint density at radius 1 is 1.30 bits per heavy atom. The van der Waals surface area contributed by atoms with Crippen molar-refractivity contribution in [1.29, 1.82) is 0 Å². The predicted octanol–water partition coefficient (Wildman–Crippen LogP) is 5.04. The zero-order valence-corrected chi connectivity index (χ0v) is 17.4. The van der Waals surface area contributed by atoms with Crippen LogP contribution in [0.5, 0.6) is 0 Å². The molecule has 6 nitrogen and oxygen atoms in total. The van der Waals surface area contributed by atoms with E-state index in [4.69, 9.17) is 18.2 Å². The van der Waals surface area contributed by atoms with Crippen LogP contribution in [0.1, 0.15) is 42.6 Å². The zero-order chi connectivity index (χ0) is 20.8. The lowest BCUT2D eigenvalue weighted by Crippen LogP contribution is -2.37. The second-order valence-electron chi connectivity index (χ2n) is 8.33. The standard InChI is InChI=1S/C23H22ClN5O/c1-3-19(28-23(30)13-4-6-14(24)7-5-13)21-17-9-16(10-18(17)21)29-12-27-22-20(29)8-15(25-2)11-26-22/h4-8,11-12,16-19,21H,3,9-10H2,1H3,(H,28,30)/t16?,17-,18+,19?,21?. The Bertz CT molecular complexity index is 1140. The van der Waals surface area contributed by atoms with E-state index in [1.54, 1.807) is 30.5 Å². The maximum atomic E-state index is 12.6. The van der Waals surface area contributed by atoms with Gasteiger partial charge in [-0.15, -0.1) is 0 Å². The van der Waals surface area contributed by atoms with Crippen LogP contribution in [0, 0.1) is 24.3 Å². The minimum absolute atomic E-state index is 0.0293. The molecule has 5 atom stereocenters. The number of hydrogen-bond donors (Lipinski definition) is 1. The van der Waals surface area contributed by atoms with Crippen LogP contribution in [0.2, 0.25) is 5.02 Å². The molecule has 0 aliphatic heterocycles. The number of fused-ring (bicyclic) bond motifs is 2. The van der Waals surface area contributed by atoms with Crippen LogP contribution in [-0.4, -0.2) is 26.5 Å². The highest BCUT2D eigenvalue weighted by Crippen LogP contribution is 2.62. The summed E-state index contributed by atoms with van der Waals surface area (Å²) in [5.74, 6) is 1.76. The Kier molecular flexibility index (Phi) is 4.71. The van der Waals surface area contributed by atoms with E-state index in [0.29, 0.717) is 45.7 Å². The molecule has 2 heterocycles. The van der Waals surface area contributed by atoms with Gasteiger partial charge in [-0.1, -0.05) is 18.5 Å². The van der Waals surface area contributed by atoms with Crippen molar-refractivity contribution in [3.63, 3.8) is 0 Å². The summed E-state index contributed by atoms with van der Waals surface area (Å²) in [7, 11) is 0. The number of aromatic nitrogens is 3. The second-order valence-corrected chi connectivity index (χ2v) is 8.76. The van der Waals surface area contributed by atoms with E-state index in [2.05, 4.69) is 31.6 Å². The molecular weight excluding hydrogens is 398 g/mol. The van der Waals surface area contributed by atoms with Gasteiger partial charge in [0, 0.05) is 28.9 Å². The first-order chi connectivity index (χ1) is 14.6. The Labute approximate surface area is 180 Å². The van der Waals surface area contributed by atoms with Gasteiger partial charge in [0.05, 0.1) is 18.4 Å². The summed E-state index contributed by atoms with van der Waals surface area (Å²) in [6.07, 6.45) is 6.51. The minimum atomic E-state index is -0.0293. The lowest BCUT2D eigenvalue weighted by molar-refractivity contribution is 0.0927. The minimum Gasteiger partial charge on any atom is -0.349 e. The fourth-order valence-corrected chi connectivity index (χ4v) is 5.39. The van der Waals surface area contributed by atoms with Crippen LogP contribution in [0.25, 0.3) is 16.0 Å². The summed E-state index contributed by atoms with van der Waals surface area (Å²) in [4.78, 5) is 24.8. The fourth-order valence-electron chi connectivity index (χ4n) is 5.27. The highest BCUT2D eigenvalue weighted by molar-refractivity contribution is 6.30. The first kappa shape index (κ1) is 19.1. The molecule has 0 bridgehead atoms. The van der Waals surface area contributed by atoms with Crippen LogP contribution in [0.3, 0.4) is 0 Å². The number of pyridine rings is 1. The number of nitrogens with one attached hydrogen (secondary N) is 1. The molecule has 2 saturated carbocycles. The Morgan fingerprint density at radius 3 is 2.70 bits per heavy atom. The van der Waals surface area contributed by atoms with Gasteiger partial charge in [-0.3, -0.25) is 4.79 Å². The third-order valence-corrected chi connectivity index (χ3v) is 7.00. The monoisotopic (exact) mass is 419 g/mol. The SMILES string of the molecule is [C-]#[N+]c1cnc2ncn(C3C[C@@H]4C(C(CC)NC(=O)c5ccc(Cl)cc5)[C@@H]4C3)c2c1. The number of imidazole rings is 1. The highest BCUT2D eigenvalue weighted by atomic mass is 35.5. The molecule has 2 aliphatic carbocycles. The van der Waals surface area contributed by atoms with Crippen LogP contribution in [0.4, 0.5) is 5.69 Å². The van der Waals surface area contributed by atoms with Crippen LogP contribution < -0.4 is 5.32 Å². The molecule has 30 heavy (non-hydrogen) atoms. The van der Waals surface area contributed by atoms with Crippen molar-refractivity contribution in [2.24, 2.45) is 17.8 Å². The molecule has 0 spiro atoms. The third-order valence-electron chi connectivity index (χ3n) is 6.75.